The molecule has 2 amide bonds. The Balaban J connectivity index is 0.00000512. The predicted octanol–water partition coefficient (Wildman–Crippen LogP) is -1.38. The smallest absolute Gasteiger partial charge is 0.269 e. The predicted molar refractivity (Wildman–Crippen MR) is 119 cm³/mol. The van der Waals surface area contributed by atoms with Crippen molar-refractivity contribution in [2.75, 3.05) is 39.8 Å². The van der Waals surface area contributed by atoms with Gasteiger partial charge in [0.2, 0.25) is 5.91 Å². The third-order valence-corrected chi connectivity index (χ3v) is 5.36. The number of benzene rings is 2. The molecule has 2 aromatic carbocycles. The van der Waals surface area contributed by atoms with Crippen LogP contribution < -0.4 is 17.3 Å². The van der Waals surface area contributed by atoms with Crippen molar-refractivity contribution in [3.8, 4) is 0 Å². The summed E-state index contributed by atoms with van der Waals surface area (Å²) in [5.74, 6) is -0.462. The standard InChI is InChI=1S/C23H30N4O4.ClH/c1-4-25(5-2)15-16-26(23(29)20-11-13-21(14-12-20)27(30)31)18-22(28)24(3)17-19-9-7-6-8-10-19;/h6-14H,4-5,15-18H2,1-3H3;1H. The number of rotatable bonds is 11. The maximum absolute atomic E-state index is 13.1. The Kier molecular flexibility index (Phi) is 11.4. The van der Waals surface area contributed by atoms with Gasteiger partial charge in [-0.15, -0.1) is 0 Å². The summed E-state index contributed by atoms with van der Waals surface area (Å²) in [4.78, 5) is 40.8. The normalized spacial score (nSPS) is 10.4. The summed E-state index contributed by atoms with van der Waals surface area (Å²) in [7, 11) is 1.72. The number of carbonyl (C=O) groups excluding carboxylic acids is 2. The Bertz CT molecular complexity index is 873. The molecule has 2 aromatic rings. The second-order valence-electron chi connectivity index (χ2n) is 7.47. The number of hydrogen-bond donors (Lipinski definition) is 1. The highest BCUT2D eigenvalue weighted by molar-refractivity contribution is 5.96. The van der Waals surface area contributed by atoms with Gasteiger partial charge in [-0.3, -0.25) is 19.7 Å². The van der Waals surface area contributed by atoms with E-state index in [1.54, 1.807) is 11.9 Å². The van der Waals surface area contributed by atoms with Crippen molar-refractivity contribution in [3.63, 3.8) is 0 Å². The summed E-state index contributed by atoms with van der Waals surface area (Å²) >= 11 is 0. The highest BCUT2D eigenvalue weighted by Gasteiger charge is 2.23. The van der Waals surface area contributed by atoms with Gasteiger partial charge in [-0.2, -0.15) is 0 Å². The van der Waals surface area contributed by atoms with Crippen molar-refractivity contribution in [3.05, 3.63) is 75.8 Å². The van der Waals surface area contributed by atoms with E-state index in [1.807, 2.05) is 30.3 Å². The molecule has 0 saturated heterocycles. The Morgan fingerprint density at radius 1 is 1.00 bits per heavy atom. The van der Waals surface area contributed by atoms with Crippen LogP contribution in [0.1, 0.15) is 29.8 Å². The van der Waals surface area contributed by atoms with E-state index in [1.165, 1.54) is 34.1 Å². The molecule has 32 heavy (non-hydrogen) atoms. The Labute approximate surface area is 195 Å². The summed E-state index contributed by atoms with van der Waals surface area (Å²) in [5, 5.41) is 10.9. The quantitative estimate of drug-likeness (QED) is 0.329. The Morgan fingerprint density at radius 3 is 2.12 bits per heavy atom. The van der Waals surface area contributed by atoms with Crippen molar-refractivity contribution in [1.29, 1.82) is 0 Å². The van der Waals surface area contributed by atoms with E-state index in [4.69, 9.17) is 0 Å². The molecule has 0 atom stereocenters. The molecule has 174 valence electrons. The van der Waals surface area contributed by atoms with Crippen molar-refractivity contribution in [1.82, 2.24) is 9.80 Å². The number of hydrogen-bond acceptors (Lipinski definition) is 4. The Morgan fingerprint density at radius 2 is 1.59 bits per heavy atom. The second-order valence-corrected chi connectivity index (χ2v) is 7.47. The topological polar surface area (TPSA) is 88.2 Å². The van der Waals surface area contributed by atoms with Crippen LogP contribution in [0.25, 0.3) is 0 Å². The van der Waals surface area contributed by atoms with Gasteiger partial charge in [-0.25, -0.2) is 0 Å². The first-order valence-electron chi connectivity index (χ1n) is 10.5. The zero-order valence-electron chi connectivity index (χ0n) is 18.8. The lowest BCUT2D eigenvalue weighted by Crippen LogP contribution is -3.12. The molecule has 0 fully saturated rings. The minimum atomic E-state index is -0.502. The number of carbonyl (C=O) groups is 2. The van der Waals surface area contributed by atoms with Crippen LogP contribution in [0.4, 0.5) is 5.69 Å². The largest absolute Gasteiger partial charge is 1.00 e. The molecule has 0 bridgehead atoms. The molecule has 0 unspecified atom stereocenters. The maximum Gasteiger partial charge on any atom is 0.269 e. The van der Waals surface area contributed by atoms with Crippen LogP contribution in [0.3, 0.4) is 0 Å². The number of nitrogens with zero attached hydrogens (tertiary/aromatic N) is 3. The third kappa shape index (κ3) is 7.94. The number of halogens is 1. The highest BCUT2D eigenvalue weighted by atomic mass is 35.5. The van der Waals surface area contributed by atoms with Crippen molar-refractivity contribution < 1.29 is 31.8 Å². The summed E-state index contributed by atoms with van der Waals surface area (Å²) in [6.45, 7) is 7.59. The molecule has 1 N–H and O–H groups in total. The van der Waals surface area contributed by atoms with Crippen LogP contribution >= 0.6 is 0 Å². The molecule has 9 heteroatoms. The third-order valence-electron chi connectivity index (χ3n) is 5.36. The van der Waals surface area contributed by atoms with Gasteiger partial charge in [0.25, 0.3) is 11.6 Å². The summed E-state index contributed by atoms with van der Waals surface area (Å²) < 4.78 is 0. The number of non-ortho nitro benzene ring substituents is 1. The number of nitro groups is 1. The van der Waals surface area contributed by atoms with Crippen molar-refractivity contribution in [2.24, 2.45) is 0 Å². The van der Waals surface area contributed by atoms with Crippen LogP contribution in [-0.2, 0) is 11.3 Å². The average molecular weight is 463 g/mol. The lowest BCUT2D eigenvalue weighted by atomic mass is 10.1. The average Bonchev–Trinajstić information content (AvgIpc) is 2.79. The van der Waals surface area contributed by atoms with Crippen molar-refractivity contribution in [2.45, 2.75) is 20.4 Å². The molecular formula is C23H31ClN4O4. The van der Waals surface area contributed by atoms with E-state index in [9.17, 15) is 19.7 Å². The van der Waals surface area contributed by atoms with E-state index in [0.717, 1.165) is 25.2 Å². The minimum absolute atomic E-state index is 0. The Hall–Kier alpha value is -2.97. The van der Waals surface area contributed by atoms with Crippen molar-refractivity contribution >= 4 is 17.5 Å². The molecule has 0 aromatic heterocycles. The van der Waals surface area contributed by atoms with Crippen LogP contribution in [0.5, 0.6) is 0 Å². The molecule has 0 aliphatic heterocycles. The zero-order valence-corrected chi connectivity index (χ0v) is 19.5. The van der Waals surface area contributed by atoms with Gasteiger partial charge in [-0.1, -0.05) is 30.3 Å². The van der Waals surface area contributed by atoms with E-state index in [0.29, 0.717) is 18.7 Å². The molecule has 0 spiro atoms. The molecule has 0 aliphatic rings. The second kappa shape index (κ2) is 13.4. The first-order chi connectivity index (χ1) is 14.8. The fourth-order valence-electron chi connectivity index (χ4n) is 3.29. The van der Waals surface area contributed by atoms with Gasteiger partial charge in [0.1, 0.15) is 6.54 Å². The first-order valence-corrected chi connectivity index (χ1v) is 10.5. The number of quaternary nitrogens is 1. The molecule has 0 heterocycles. The molecule has 8 nitrogen and oxygen atoms in total. The van der Waals surface area contributed by atoms with Crippen LogP contribution in [0.15, 0.2) is 54.6 Å². The fourth-order valence-corrected chi connectivity index (χ4v) is 3.29. The first kappa shape index (κ1) is 27.1. The van der Waals surface area contributed by atoms with Gasteiger partial charge in [-0.05, 0) is 31.5 Å². The van der Waals surface area contributed by atoms with Gasteiger partial charge in [0, 0.05) is 31.3 Å². The summed E-state index contributed by atoms with van der Waals surface area (Å²) in [5.41, 5.74) is 1.27. The number of likely N-dealkylation sites (N-methyl/N-ethyl adjacent to an activating group) is 2. The summed E-state index contributed by atoms with van der Waals surface area (Å²) in [6.07, 6.45) is 0. The maximum atomic E-state index is 13.1. The summed E-state index contributed by atoms with van der Waals surface area (Å²) in [6, 6.07) is 15.2. The van der Waals surface area contributed by atoms with Crippen LogP contribution in [-0.4, -0.2) is 66.3 Å². The number of nitrogens with one attached hydrogen (secondary N) is 1. The number of amides is 2. The molecular weight excluding hydrogens is 432 g/mol. The van der Waals surface area contributed by atoms with Gasteiger partial charge >= 0.3 is 0 Å². The van der Waals surface area contributed by atoms with E-state index in [-0.39, 0.29) is 36.5 Å². The minimum Gasteiger partial charge on any atom is -1.00 e. The lowest BCUT2D eigenvalue weighted by Gasteiger charge is -2.27. The van der Waals surface area contributed by atoms with Gasteiger partial charge in [0.15, 0.2) is 0 Å². The molecule has 0 radical (unpaired) electrons. The lowest BCUT2D eigenvalue weighted by molar-refractivity contribution is -0.895. The molecule has 2 rings (SSSR count). The highest BCUT2D eigenvalue weighted by Crippen LogP contribution is 2.14. The monoisotopic (exact) mass is 462 g/mol. The van der Waals surface area contributed by atoms with Crippen LogP contribution in [0.2, 0.25) is 0 Å². The molecule has 0 aliphatic carbocycles. The number of nitro benzene ring substituents is 1. The van der Waals surface area contributed by atoms with Gasteiger partial charge in [0.05, 0.1) is 31.1 Å². The van der Waals surface area contributed by atoms with Gasteiger partial charge < -0.3 is 27.1 Å². The fraction of sp³-hybridized carbons (Fsp3) is 0.391. The SMILES string of the molecule is CC[NH+](CC)CCN(CC(=O)N(C)Cc1ccccc1)C(=O)c1ccc([N+](=O)[O-])cc1.[Cl-]. The zero-order chi connectivity index (χ0) is 22.8. The van der Waals surface area contributed by atoms with E-state index in [2.05, 4.69) is 13.8 Å². The van der Waals surface area contributed by atoms with E-state index >= 15 is 0 Å². The molecule has 0 saturated carbocycles. The van der Waals surface area contributed by atoms with Crippen LogP contribution in [0, 0.1) is 10.1 Å². The van der Waals surface area contributed by atoms with E-state index < -0.39 is 4.92 Å².